The van der Waals surface area contributed by atoms with Gasteiger partial charge in [0.05, 0.1) is 34.9 Å². The second-order valence-electron chi connectivity index (χ2n) is 9.40. The Hall–Kier alpha value is -4.13. The lowest BCUT2D eigenvalue weighted by molar-refractivity contribution is 0.509. The lowest BCUT2D eigenvalue weighted by Gasteiger charge is -2.15. The molecule has 0 aliphatic rings. The molecule has 3 aromatic heterocycles. The molecule has 3 heterocycles. The fourth-order valence-electron chi connectivity index (χ4n) is 4.29. The molecule has 0 bridgehead atoms. The summed E-state index contributed by atoms with van der Waals surface area (Å²) in [7, 11) is -1.27. The second-order valence-corrected chi connectivity index (χ2v) is 11.2. The van der Waals surface area contributed by atoms with Crippen molar-refractivity contribution in [1.82, 2.24) is 19.7 Å². The number of fused-ring (bicyclic) bond motifs is 3. The predicted molar refractivity (Wildman–Crippen MR) is 144 cm³/mol. The van der Waals surface area contributed by atoms with Crippen LogP contribution in [0.1, 0.15) is 19.4 Å². The van der Waals surface area contributed by atoms with Crippen LogP contribution in [0.3, 0.4) is 0 Å². The number of anilines is 1. The highest BCUT2D eigenvalue weighted by molar-refractivity contribution is 7.98. The molecule has 5 rings (SSSR count). The predicted octanol–water partition coefficient (Wildman–Crippen LogP) is 5.58. The molecule has 0 fully saturated rings. The van der Waals surface area contributed by atoms with Gasteiger partial charge in [-0.15, -0.1) is 0 Å². The van der Waals surface area contributed by atoms with Crippen molar-refractivity contribution in [2.45, 2.75) is 19.3 Å². The van der Waals surface area contributed by atoms with Crippen molar-refractivity contribution < 1.29 is 8.76 Å². The van der Waals surface area contributed by atoms with Crippen LogP contribution in [0.15, 0.2) is 67.1 Å². The van der Waals surface area contributed by atoms with Gasteiger partial charge in [0.15, 0.2) is 6.26 Å². The van der Waals surface area contributed by atoms with E-state index in [1.807, 2.05) is 74.2 Å². The maximum atomic E-state index is 11.8. The smallest absolute Gasteiger partial charge is 0.266 e. The van der Waals surface area contributed by atoms with Crippen LogP contribution >= 0.6 is 0 Å². The molecule has 9 heteroatoms. The average molecular weight is 498 g/mol. The molecule has 0 amide bonds. The van der Waals surface area contributed by atoms with Crippen LogP contribution in [0.2, 0.25) is 0 Å². The van der Waals surface area contributed by atoms with E-state index < -0.39 is 15.8 Å². The monoisotopic (exact) mass is 497 g/mol. The molecular formula is C27H25N6O2S+. The van der Waals surface area contributed by atoms with Crippen molar-refractivity contribution in [1.29, 1.82) is 5.26 Å². The molecule has 36 heavy (non-hydrogen) atoms. The van der Waals surface area contributed by atoms with Crippen molar-refractivity contribution in [2.24, 2.45) is 7.05 Å². The lowest BCUT2D eigenvalue weighted by atomic mass is 9.86. The number of hydrogen-bond acceptors (Lipinski definition) is 5. The zero-order valence-electron chi connectivity index (χ0n) is 20.4. The molecule has 0 aliphatic heterocycles. The van der Waals surface area contributed by atoms with Crippen LogP contribution < -0.4 is 4.72 Å². The molecule has 1 unspecified atom stereocenters. The Morgan fingerprint density at radius 2 is 1.75 bits per heavy atom. The van der Waals surface area contributed by atoms with E-state index in [1.54, 1.807) is 12.3 Å². The number of pyridine rings is 2. The van der Waals surface area contributed by atoms with Gasteiger partial charge in [-0.3, -0.25) is 14.6 Å². The van der Waals surface area contributed by atoms with E-state index in [-0.39, 0.29) is 0 Å². The van der Waals surface area contributed by atoms with Crippen LogP contribution in [0.5, 0.6) is 0 Å². The van der Waals surface area contributed by atoms with Crippen molar-refractivity contribution in [3.05, 3.63) is 72.7 Å². The minimum atomic E-state index is -3.17. The Morgan fingerprint density at radius 3 is 2.44 bits per heavy atom. The van der Waals surface area contributed by atoms with Crippen molar-refractivity contribution in [3.63, 3.8) is 0 Å². The van der Waals surface area contributed by atoms with Gasteiger partial charge in [-0.25, -0.2) is 0 Å². The Balaban J connectivity index is 1.67. The Bertz CT molecular complexity index is 1710. The van der Waals surface area contributed by atoms with E-state index in [0.29, 0.717) is 5.69 Å². The van der Waals surface area contributed by atoms with Crippen LogP contribution in [-0.4, -0.2) is 30.6 Å². The van der Waals surface area contributed by atoms with Gasteiger partial charge < -0.3 is 0 Å². The zero-order chi connectivity index (χ0) is 25.7. The summed E-state index contributed by atoms with van der Waals surface area (Å²) in [4.78, 5) is 8.88. The first kappa shape index (κ1) is 23.6. The summed E-state index contributed by atoms with van der Waals surface area (Å²) in [6.07, 6.45) is 6.27. The summed E-state index contributed by atoms with van der Waals surface area (Å²) in [6.45, 7) is 3.80. The van der Waals surface area contributed by atoms with E-state index in [9.17, 15) is 14.0 Å². The van der Waals surface area contributed by atoms with Crippen LogP contribution in [-0.2, 0) is 27.1 Å². The van der Waals surface area contributed by atoms with Crippen molar-refractivity contribution in [3.8, 4) is 28.5 Å². The molecule has 5 aromatic rings. The van der Waals surface area contributed by atoms with Gasteiger partial charge in [0.1, 0.15) is 11.4 Å². The van der Waals surface area contributed by atoms with Gasteiger partial charge in [0.2, 0.25) is 0 Å². The largest absolute Gasteiger partial charge is 0.307 e. The van der Waals surface area contributed by atoms with E-state index in [1.165, 1.54) is 12.5 Å². The number of nitrogens with zero attached hydrogens (tertiary/aromatic N) is 5. The summed E-state index contributed by atoms with van der Waals surface area (Å²) in [5, 5.41) is 16.2. The third-order valence-electron chi connectivity index (χ3n) is 6.22. The second kappa shape index (κ2) is 8.52. The molecule has 1 atom stereocenters. The number of rotatable bonds is 5. The number of aromatic nitrogens is 4. The Kier molecular flexibility index (Phi) is 5.58. The molecular weight excluding hydrogens is 472 g/mol. The normalized spacial score (nSPS) is 13.4. The molecule has 2 N–H and O–H groups in total. The minimum absolute atomic E-state index is 0.460. The van der Waals surface area contributed by atoms with Crippen molar-refractivity contribution >= 4 is 37.9 Å². The maximum absolute atomic E-state index is 11.8. The SMILES string of the molecule is Cn1nc(-c2ccc(C(C)(C)C#N)cc2)c2c3cc(-c4cncc(N[S+](C)(=O)O)c4)ccc3ncc21. The zero-order valence-corrected chi connectivity index (χ0v) is 21.2. The average Bonchev–Trinajstić information content (AvgIpc) is 3.20. The van der Waals surface area contributed by atoms with Gasteiger partial charge in [0.25, 0.3) is 0 Å². The number of nitrogens with one attached hydrogen (secondary N) is 1. The van der Waals surface area contributed by atoms with Gasteiger partial charge in [-0.1, -0.05) is 30.3 Å². The molecule has 0 spiro atoms. The highest BCUT2D eigenvalue weighted by atomic mass is 32.3. The van der Waals surface area contributed by atoms with Gasteiger partial charge in [0, 0.05) is 35.1 Å². The Labute approximate surface area is 210 Å². The summed E-state index contributed by atoms with van der Waals surface area (Å²) < 4.78 is 25.8. The van der Waals surface area contributed by atoms with Gasteiger partial charge in [-0.05, 0) is 47.4 Å². The highest BCUT2D eigenvalue weighted by Crippen LogP contribution is 2.36. The molecule has 0 radical (unpaired) electrons. The Morgan fingerprint density at radius 1 is 1.03 bits per heavy atom. The summed E-state index contributed by atoms with van der Waals surface area (Å²) >= 11 is 0. The molecule has 0 saturated carbocycles. The first-order valence-corrected chi connectivity index (χ1v) is 13.2. The highest BCUT2D eigenvalue weighted by Gasteiger charge is 2.21. The third kappa shape index (κ3) is 4.33. The summed E-state index contributed by atoms with van der Waals surface area (Å²) in [5.74, 6) is 0. The quantitative estimate of drug-likeness (QED) is 0.306. The molecule has 180 valence electrons. The molecule has 2 aromatic carbocycles. The van der Waals surface area contributed by atoms with E-state index in [4.69, 9.17) is 5.10 Å². The topological polar surface area (TPSA) is 117 Å². The molecule has 0 aliphatic carbocycles. The summed E-state index contributed by atoms with van der Waals surface area (Å²) in [6, 6.07) is 18.1. The maximum Gasteiger partial charge on any atom is 0.307 e. The van der Waals surface area contributed by atoms with E-state index >= 15 is 0 Å². The fourth-order valence-corrected chi connectivity index (χ4v) is 4.84. The van der Waals surface area contributed by atoms with Crippen LogP contribution in [0, 0.1) is 11.3 Å². The minimum Gasteiger partial charge on any atom is -0.266 e. The number of aryl methyl sites for hydroxylation is 1. The number of nitriles is 1. The van der Waals surface area contributed by atoms with Crippen molar-refractivity contribution in [2.75, 3.05) is 11.0 Å². The summed E-state index contributed by atoms with van der Waals surface area (Å²) in [5.41, 5.74) is 6.04. The third-order valence-corrected chi connectivity index (χ3v) is 6.84. The molecule has 8 nitrogen and oxygen atoms in total. The van der Waals surface area contributed by atoms with E-state index in [2.05, 4.69) is 20.8 Å². The van der Waals surface area contributed by atoms with Gasteiger partial charge >= 0.3 is 10.4 Å². The first-order chi connectivity index (χ1) is 17.1. The van der Waals surface area contributed by atoms with E-state index in [0.717, 1.165) is 49.8 Å². The fraction of sp³-hybridized carbons (Fsp3) is 0.185. The standard InChI is InChI=1S/C27H24N6O2S/c1-27(2,16-28)20-8-5-17(6-9-20)26-25-22-12-18(7-10-23(22)30-15-24(25)33(3)31-26)19-11-21(14-29-13-19)32-36(4,34)35/h5-15H,1-4H3,(H-,32,34,35)/p+1. The number of benzene rings is 2. The van der Waals surface area contributed by atoms with Crippen LogP contribution in [0.25, 0.3) is 44.2 Å². The first-order valence-electron chi connectivity index (χ1n) is 11.3. The van der Waals surface area contributed by atoms with Gasteiger partial charge in [-0.2, -0.15) is 19.6 Å². The lowest BCUT2D eigenvalue weighted by Crippen LogP contribution is -2.17. The number of hydrogen-bond donors (Lipinski definition) is 2. The van der Waals surface area contributed by atoms with Crippen LogP contribution in [0.4, 0.5) is 5.69 Å². The molecule has 0 saturated heterocycles.